The molecule has 0 aromatic heterocycles. The zero-order valence-corrected chi connectivity index (χ0v) is 6.91. The third-order valence-corrected chi connectivity index (χ3v) is 2.17. The predicted octanol–water partition coefficient (Wildman–Crippen LogP) is 2.81. The first kappa shape index (κ1) is 7.17. The zero-order valence-electron chi connectivity index (χ0n) is 6.91. The molecule has 0 fully saturated rings. The highest BCUT2D eigenvalue weighted by Crippen LogP contribution is 2.27. The van der Waals surface area contributed by atoms with Gasteiger partial charge in [-0.1, -0.05) is 30.4 Å². The van der Waals surface area contributed by atoms with Crippen molar-refractivity contribution in [3.05, 3.63) is 58.9 Å². The van der Waals surface area contributed by atoms with Gasteiger partial charge in [0.05, 0.1) is 0 Å². The van der Waals surface area contributed by atoms with Gasteiger partial charge in [-0.15, -0.1) is 0 Å². The molecule has 1 heteroatoms. The normalized spacial score (nSPS) is 20.4. The fourth-order valence-electron chi connectivity index (χ4n) is 1.42. The molecule has 0 radical (unpaired) electrons. The van der Waals surface area contributed by atoms with Crippen LogP contribution >= 0.6 is 0 Å². The molecule has 0 saturated heterocycles. The molecule has 60 valence electrons. The van der Waals surface area contributed by atoms with E-state index >= 15 is 0 Å². The second-order valence-electron chi connectivity index (χ2n) is 2.93. The van der Waals surface area contributed by atoms with E-state index < -0.39 is 0 Å². The SMILES string of the molecule is CC1=C(O)C=CC1=C1C=CC=C1. The van der Waals surface area contributed by atoms with E-state index in [0.29, 0.717) is 5.76 Å². The van der Waals surface area contributed by atoms with Crippen molar-refractivity contribution in [2.24, 2.45) is 0 Å². The summed E-state index contributed by atoms with van der Waals surface area (Å²) < 4.78 is 0. The molecule has 0 atom stereocenters. The van der Waals surface area contributed by atoms with Gasteiger partial charge in [0.15, 0.2) is 0 Å². The van der Waals surface area contributed by atoms with Crippen LogP contribution < -0.4 is 0 Å². The van der Waals surface area contributed by atoms with Crippen LogP contribution in [0.1, 0.15) is 6.92 Å². The van der Waals surface area contributed by atoms with Crippen LogP contribution in [0.15, 0.2) is 58.9 Å². The molecule has 0 saturated carbocycles. The summed E-state index contributed by atoms with van der Waals surface area (Å²) in [6, 6.07) is 0. The first-order chi connectivity index (χ1) is 5.79. The summed E-state index contributed by atoms with van der Waals surface area (Å²) in [6.45, 7) is 1.93. The average Bonchev–Trinajstić information content (AvgIpc) is 2.64. The number of rotatable bonds is 0. The van der Waals surface area contributed by atoms with Crippen molar-refractivity contribution >= 4 is 0 Å². The Labute approximate surface area is 71.7 Å². The third-order valence-electron chi connectivity index (χ3n) is 2.17. The van der Waals surface area contributed by atoms with Gasteiger partial charge < -0.3 is 5.11 Å². The molecule has 2 aliphatic carbocycles. The average molecular weight is 158 g/mol. The Hall–Kier alpha value is -1.50. The summed E-state index contributed by atoms with van der Waals surface area (Å²) in [4.78, 5) is 0. The third kappa shape index (κ3) is 0.944. The van der Waals surface area contributed by atoms with Gasteiger partial charge in [0.1, 0.15) is 5.76 Å². The maximum absolute atomic E-state index is 9.34. The van der Waals surface area contributed by atoms with Crippen LogP contribution in [0.4, 0.5) is 0 Å². The van der Waals surface area contributed by atoms with Crippen LogP contribution in [0.5, 0.6) is 0 Å². The highest BCUT2D eigenvalue weighted by atomic mass is 16.3. The van der Waals surface area contributed by atoms with Crippen molar-refractivity contribution in [2.75, 3.05) is 0 Å². The van der Waals surface area contributed by atoms with E-state index in [1.807, 2.05) is 37.3 Å². The molecule has 0 spiro atoms. The highest BCUT2D eigenvalue weighted by Gasteiger charge is 2.11. The smallest absolute Gasteiger partial charge is 0.119 e. The molecule has 12 heavy (non-hydrogen) atoms. The molecule has 0 aromatic carbocycles. The second kappa shape index (κ2) is 2.52. The van der Waals surface area contributed by atoms with E-state index in [4.69, 9.17) is 0 Å². The first-order valence-electron chi connectivity index (χ1n) is 3.96. The quantitative estimate of drug-likeness (QED) is 0.574. The Kier molecular flexibility index (Phi) is 1.51. The molecular formula is C11H10O. The predicted molar refractivity (Wildman–Crippen MR) is 49.8 cm³/mol. The lowest BCUT2D eigenvalue weighted by atomic mass is 10.1. The van der Waals surface area contributed by atoms with Gasteiger partial charge in [0.25, 0.3) is 0 Å². The van der Waals surface area contributed by atoms with Crippen molar-refractivity contribution in [3.8, 4) is 0 Å². The Morgan fingerprint density at radius 1 is 1.00 bits per heavy atom. The molecule has 2 rings (SSSR count). The summed E-state index contributed by atoms with van der Waals surface area (Å²) in [7, 11) is 0. The van der Waals surface area contributed by atoms with E-state index in [0.717, 1.165) is 11.1 Å². The zero-order chi connectivity index (χ0) is 8.55. The van der Waals surface area contributed by atoms with Crippen LogP contribution in [0.25, 0.3) is 0 Å². The van der Waals surface area contributed by atoms with E-state index in [1.54, 1.807) is 6.08 Å². The van der Waals surface area contributed by atoms with Crippen LogP contribution in [0.2, 0.25) is 0 Å². The summed E-state index contributed by atoms with van der Waals surface area (Å²) >= 11 is 0. The summed E-state index contributed by atoms with van der Waals surface area (Å²) in [5.74, 6) is 0.381. The fraction of sp³-hybridized carbons (Fsp3) is 0.0909. The van der Waals surface area contributed by atoms with E-state index in [9.17, 15) is 5.11 Å². The molecular weight excluding hydrogens is 148 g/mol. The van der Waals surface area contributed by atoms with E-state index in [1.165, 1.54) is 5.57 Å². The highest BCUT2D eigenvalue weighted by molar-refractivity contribution is 5.59. The minimum atomic E-state index is 0.381. The number of allylic oxidation sites excluding steroid dienone is 9. The Morgan fingerprint density at radius 2 is 1.67 bits per heavy atom. The number of hydrogen-bond acceptors (Lipinski definition) is 1. The molecule has 0 unspecified atom stereocenters. The summed E-state index contributed by atoms with van der Waals surface area (Å²) in [6.07, 6.45) is 11.8. The molecule has 0 amide bonds. The molecule has 0 bridgehead atoms. The van der Waals surface area contributed by atoms with Gasteiger partial charge in [-0.3, -0.25) is 0 Å². The number of aliphatic hydroxyl groups excluding tert-OH is 1. The van der Waals surface area contributed by atoms with Crippen molar-refractivity contribution in [1.82, 2.24) is 0 Å². The van der Waals surface area contributed by atoms with Crippen molar-refractivity contribution < 1.29 is 5.11 Å². The van der Waals surface area contributed by atoms with Crippen molar-refractivity contribution in [1.29, 1.82) is 0 Å². The lowest BCUT2D eigenvalue weighted by Gasteiger charge is -2.00. The van der Waals surface area contributed by atoms with Crippen LogP contribution in [0, 0.1) is 0 Å². The molecule has 1 N–H and O–H groups in total. The second-order valence-corrected chi connectivity index (χ2v) is 2.93. The van der Waals surface area contributed by atoms with Gasteiger partial charge in [-0.25, -0.2) is 0 Å². The molecule has 0 aromatic rings. The molecule has 1 nitrogen and oxygen atoms in total. The monoisotopic (exact) mass is 158 g/mol. The maximum Gasteiger partial charge on any atom is 0.119 e. The molecule has 0 aliphatic heterocycles. The largest absolute Gasteiger partial charge is 0.508 e. The maximum atomic E-state index is 9.34. The Bertz CT molecular complexity index is 348. The Balaban J connectivity index is 2.51. The topological polar surface area (TPSA) is 20.2 Å². The summed E-state index contributed by atoms with van der Waals surface area (Å²) in [5, 5.41) is 9.34. The summed E-state index contributed by atoms with van der Waals surface area (Å²) in [5.41, 5.74) is 3.26. The van der Waals surface area contributed by atoms with Crippen molar-refractivity contribution in [2.45, 2.75) is 6.92 Å². The minimum absolute atomic E-state index is 0.381. The van der Waals surface area contributed by atoms with Crippen molar-refractivity contribution in [3.63, 3.8) is 0 Å². The first-order valence-corrected chi connectivity index (χ1v) is 3.96. The Morgan fingerprint density at radius 3 is 2.17 bits per heavy atom. The van der Waals surface area contributed by atoms with Crippen LogP contribution in [-0.2, 0) is 0 Å². The van der Waals surface area contributed by atoms with Crippen LogP contribution in [-0.4, -0.2) is 5.11 Å². The minimum Gasteiger partial charge on any atom is -0.508 e. The van der Waals surface area contributed by atoms with Crippen LogP contribution in [0.3, 0.4) is 0 Å². The lowest BCUT2D eigenvalue weighted by Crippen LogP contribution is -1.83. The van der Waals surface area contributed by atoms with Gasteiger partial charge in [0, 0.05) is 0 Å². The van der Waals surface area contributed by atoms with E-state index in [2.05, 4.69) is 0 Å². The standard InChI is InChI=1S/C11H10O/c1-8-10(6-7-11(8)12)9-4-2-3-5-9/h2-7,12H,1H3. The van der Waals surface area contributed by atoms with Gasteiger partial charge in [0.2, 0.25) is 0 Å². The fourth-order valence-corrected chi connectivity index (χ4v) is 1.42. The van der Waals surface area contributed by atoms with E-state index in [-0.39, 0.29) is 0 Å². The lowest BCUT2D eigenvalue weighted by molar-refractivity contribution is 0.429. The van der Waals surface area contributed by atoms with Gasteiger partial charge >= 0.3 is 0 Å². The van der Waals surface area contributed by atoms with Gasteiger partial charge in [-0.05, 0) is 29.7 Å². The number of hydrogen-bond donors (Lipinski definition) is 1. The van der Waals surface area contributed by atoms with Gasteiger partial charge in [-0.2, -0.15) is 0 Å². The molecule has 0 heterocycles. The number of aliphatic hydroxyl groups is 1. The molecule has 2 aliphatic rings.